The lowest BCUT2D eigenvalue weighted by Crippen LogP contribution is -2.15. The van der Waals surface area contributed by atoms with Crippen molar-refractivity contribution in [2.45, 2.75) is 58.8 Å². The van der Waals surface area contributed by atoms with Gasteiger partial charge in [-0.1, -0.05) is 27.2 Å². The van der Waals surface area contributed by atoms with E-state index in [1.807, 2.05) is 0 Å². The van der Waals surface area contributed by atoms with E-state index in [0.29, 0.717) is 11.3 Å². The number of aromatic nitrogens is 2. The predicted octanol–water partition coefficient (Wildman–Crippen LogP) is 2.91. The topological polar surface area (TPSA) is 51.0 Å². The van der Waals surface area contributed by atoms with Crippen LogP contribution in [0.5, 0.6) is 0 Å². The SMILES string of the molecule is CCNCCCc1nnc(C2CCCC2(C)C)o1. The summed E-state index contributed by atoms with van der Waals surface area (Å²) in [5.74, 6) is 2.11. The minimum Gasteiger partial charge on any atom is -0.425 e. The number of rotatable bonds is 6. The number of hydrogen-bond donors (Lipinski definition) is 1. The molecule has 0 bridgehead atoms. The lowest BCUT2D eigenvalue weighted by atomic mass is 9.82. The summed E-state index contributed by atoms with van der Waals surface area (Å²) >= 11 is 0. The average molecular weight is 251 g/mol. The second-order valence-corrected chi connectivity index (χ2v) is 5.92. The van der Waals surface area contributed by atoms with Gasteiger partial charge in [0.25, 0.3) is 0 Å². The molecule has 1 unspecified atom stereocenters. The predicted molar refractivity (Wildman–Crippen MR) is 71.5 cm³/mol. The van der Waals surface area contributed by atoms with Crippen LogP contribution in [0.4, 0.5) is 0 Å². The Bertz CT molecular complexity index is 373. The average Bonchev–Trinajstić information content (AvgIpc) is 2.90. The Kier molecular flexibility index (Phi) is 4.38. The Labute approximate surface area is 110 Å². The van der Waals surface area contributed by atoms with Crippen LogP contribution >= 0.6 is 0 Å². The summed E-state index contributed by atoms with van der Waals surface area (Å²) in [6.07, 6.45) is 5.66. The molecule has 0 spiro atoms. The van der Waals surface area contributed by atoms with Crippen molar-refractivity contribution in [3.63, 3.8) is 0 Å². The molecule has 2 rings (SSSR count). The molecule has 0 saturated heterocycles. The molecular formula is C14H25N3O. The summed E-state index contributed by atoms with van der Waals surface area (Å²) in [6, 6.07) is 0. The second-order valence-electron chi connectivity index (χ2n) is 5.92. The van der Waals surface area contributed by atoms with Crippen LogP contribution in [0.25, 0.3) is 0 Å². The molecule has 1 saturated carbocycles. The van der Waals surface area contributed by atoms with E-state index in [-0.39, 0.29) is 0 Å². The molecular weight excluding hydrogens is 226 g/mol. The van der Waals surface area contributed by atoms with E-state index in [4.69, 9.17) is 4.42 Å². The molecule has 1 aliphatic carbocycles. The van der Waals surface area contributed by atoms with Crippen LogP contribution in [0.15, 0.2) is 4.42 Å². The second kappa shape index (κ2) is 5.83. The van der Waals surface area contributed by atoms with Gasteiger partial charge in [0.2, 0.25) is 11.8 Å². The monoisotopic (exact) mass is 251 g/mol. The first-order valence-electron chi connectivity index (χ1n) is 7.16. The Hall–Kier alpha value is -0.900. The summed E-state index contributed by atoms with van der Waals surface area (Å²) in [5.41, 5.74) is 0.313. The van der Waals surface area contributed by atoms with E-state index >= 15 is 0 Å². The van der Waals surface area contributed by atoms with Crippen molar-refractivity contribution in [1.82, 2.24) is 15.5 Å². The van der Waals surface area contributed by atoms with Gasteiger partial charge in [0.15, 0.2) is 0 Å². The van der Waals surface area contributed by atoms with Gasteiger partial charge in [0, 0.05) is 12.3 Å². The van der Waals surface area contributed by atoms with E-state index in [2.05, 4.69) is 36.3 Å². The van der Waals surface area contributed by atoms with Gasteiger partial charge in [-0.15, -0.1) is 10.2 Å². The summed E-state index contributed by atoms with van der Waals surface area (Å²) in [7, 11) is 0. The van der Waals surface area contributed by atoms with Crippen molar-refractivity contribution in [2.75, 3.05) is 13.1 Å². The summed E-state index contributed by atoms with van der Waals surface area (Å²) in [6.45, 7) is 8.76. The third-order valence-corrected chi connectivity index (χ3v) is 4.03. The molecule has 1 atom stereocenters. The number of aryl methyl sites for hydroxylation is 1. The number of nitrogens with zero attached hydrogens (tertiary/aromatic N) is 2. The first kappa shape index (κ1) is 13.5. The lowest BCUT2D eigenvalue weighted by Gasteiger charge is -2.23. The standard InChI is InChI=1S/C14H25N3O/c1-4-15-10-6-8-12-16-17-13(18-12)11-7-5-9-14(11,2)3/h11,15H,4-10H2,1-3H3. The minimum absolute atomic E-state index is 0.313. The van der Waals surface area contributed by atoms with Gasteiger partial charge in [0.1, 0.15) is 0 Å². The first-order valence-corrected chi connectivity index (χ1v) is 7.16. The normalized spacial score (nSPS) is 22.5. The zero-order valence-corrected chi connectivity index (χ0v) is 11.8. The maximum absolute atomic E-state index is 5.83. The van der Waals surface area contributed by atoms with Crippen LogP contribution in [0, 0.1) is 5.41 Å². The maximum Gasteiger partial charge on any atom is 0.220 e. The van der Waals surface area contributed by atoms with E-state index in [9.17, 15) is 0 Å². The summed E-state index contributed by atoms with van der Waals surface area (Å²) in [4.78, 5) is 0. The Morgan fingerprint density at radius 3 is 2.89 bits per heavy atom. The zero-order valence-electron chi connectivity index (χ0n) is 11.8. The molecule has 0 amide bonds. The highest BCUT2D eigenvalue weighted by molar-refractivity contribution is 5.02. The summed E-state index contributed by atoms with van der Waals surface area (Å²) in [5, 5.41) is 11.7. The van der Waals surface area contributed by atoms with Crippen molar-refractivity contribution in [3.05, 3.63) is 11.8 Å². The quantitative estimate of drug-likeness (QED) is 0.790. The molecule has 1 aliphatic rings. The highest BCUT2D eigenvalue weighted by atomic mass is 16.4. The maximum atomic E-state index is 5.83. The molecule has 4 nitrogen and oxygen atoms in total. The van der Waals surface area contributed by atoms with Crippen molar-refractivity contribution >= 4 is 0 Å². The van der Waals surface area contributed by atoms with Crippen molar-refractivity contribution in [1.29, 1.82) is 0 Å². The Balaban J connectivity index is 1.90. The van der Waals surface area contributed by atoms with Gasteiger partial charge in [-0.3, -0.25) is 0 Å². The fraction of sp³-hybridized carbons (Fsp3) is 0.857. The molecule has 1 N–H and O–H groups in total. The van der Waals surface area contributed by atoms with Crippen molar-refractivity contribution < 1.29 is 4.42 Å². The molecule has 0 aromatic carbocycles. The van der Waals surface area contributed by atoms with E-state index in [1.165, 1.54) is 19.3 Å². The minimum atomic E-state index is 0.313. The van der Waals surface area contributed by atoms with Crippen LogP contribution in [0.3, 0.4) is 0 Å². The fourth-order valence-corrected chi connectivity index (χ4v) is 2.83. The lowest BCUT2D eigenvalue weighted by molar-refractivity contribution is 0.280. The molecule has 0 aliphatic heterocycles. The zero-order chi connectivity index (χ0) is 13.0. The Morgan fingerprint density at radius 1 is 1.39 bits per heavy atom. The molecule has 1 heterocycles. The van der Waals surface area contributed by atoms with Crippen molar-refractivity contribution in [2.24, 2.45) is 5.41 Å². The molecule has 1 fully saturated rings. The molecule has 0 radical (unpaired) electrons. The van der Waals surface area contributed by atoms with Gasteiger partial charge in [0.05, 0.1) is 0 Å². The van der Waals surface area contributed by atoms with Crippen LogP contribution < -0.4 is 5.32 Å². The molecule has 1 aromatic rings. The molecule has 1 aromatic heterocycles. The number of hydrogen-bond acceptors (Lipinski definition) is 4. The van der Waals surface area contributed by atoms with Gasteiger partial charge >= 0.3 is 0 Å². The molecule has 4 heteroatoms. The largest absolute Gasteiger partial charge is 0.425 e. The highest BCUT2D eigenvalue weighted by Crippen LogP contribution is 2.48. The fourth-order valence-electron chi connectivity index (χ4n) is 2.83. The Morgan fingerprint density at radius 2 is 2.22 bits per heavy atom. The van der Waals surface area contributed by atoms with E-state index < -0.39 is 0 Å². The smallest absolute Gasteiger partial charge is 0.220 e. The van der Waals surface area contributed by atoms with E-state index in [0.717, 1.165) is 37.7 Å². The van der Waals surface area contributed by atoms with E-state index in [1.54, 1.807) is 0 Å². The van der Waals surface area contributed by atoms with Gasteiger partial charge in [-0.25, -0.2) is 0 Å². The van der Waals surface area contributed by atoms with Crippen LogP contribution in [0.1, 0.15) is 64.2 Å². The van der Waals surface area contributed by atoms with Gasteiger partial charge < -0.3 is 9.73 Å². The van der Waals surface area contributed by atoms with Crippen molar-refractivity contribution in [3.8, 4) is 0 Å². The van der Waals surface area contributed by atoms with Crippen LogP contribution in [-0.4, -0.2) is 23.3 Å². The summed E-state index contributed by atoms with van der Waals surface area (Å²) < 4.78 is 5.83. The number of nitrogens with one attached hydrogen (secondary N) is 1. The van der Waals surface area contributed by atoms with Gasteiger partial charge in [-0.2, -0.15) is 0 Å². The third-order valence-electron chi connectivity index (χ3n) is 4.03. The molecule has 18 heavy (non-hydrogen) atoms. The third kappa shape index (κ3) is 3.10. The first-order chi connectivity index (χ1) is 8.63. The van der Waals surface area contributed by atoms with Crippen LogP contribution in [0.2, 0.25) is 0 Å². The van der Waals surface area contributed by atoms with Gasteiger partial charge in [-0.05, 0) is 37.8 Å². The molecule has 102 valence electrons. The highest BCUT2D eigenvalue weighted by Gasteiger charge is 2.38. The van der Waals surface area contributed by atoms with Crippen LogP contribution in [-0.2, 0) is 6.42 Å².